The Hall–Kier alpha value is -2.50. The number of aromatic nitrogens is 3. The largest absolute Gasteiger partial charge is 0.348 e. The van der Waals surface area contributed by atoms with Gasteiger partial charge in [0, 0.05) is 24.0 Å². The molecule has 2 heterocycles. The first-order valence-electron chi connectivity index (χ1n) is 6.23. The maximum Gasteiger partial charge on any atom is 0.254 e. The molecular formula is C14H16N4O2. The monoisotopic (exact) mass is 272 g/mol. The summed E-state index contributed by atoms with van der Waals surface area (Å²) >= 11 is 0. The number of nitrogens with one attached hydrogen (secondary N) is 2. The minimum atomic E-state index is -0.289. The van der Waals surface area contributed by atoms with Crippen molar-refractivity contribution < 1.29 is 4.79 Å². The Morgan fingerprint density at radius 3 is 2.75 bits per heavy atom. The average molecular weight is 272 g/mol. The van der Waals surface area contributed by atoms with Gasteiger partial charge in [0.2, 0.25) is 0 Å². The van der Waals surface area contributed by atoms with Gasteiger partial charge in [-0.3, -0.25) is 9.59 Å². The summed E-state index contributed by atoms with van der Waals surface area (Å²) in [5.74, 6) is -0.289. The zero-order valence-corrected chi connectivity index (χ0v) is 11.7. The zero-order chi connectivity index (χ0) is 14.7. The van der Waals surface area contributed by atoms with Gasteiger partial charge in [-0.25, -0.2) is 9.97 Å². The van der Waals surface area contributed by atoms with Crippen LogP contribution in [-0.2, 0) is 6.54 Å². The van der Waals surface area contributed by atoms with Gasteiger partial charge in [-0.15, -0.1) is 0 Å². The molecule has 0 spiro atoms. The van der Waals surface area contributed by atoms with Crippen LogP contribution in [0.3, 0.4) is 0 Å². The normalized spacial score (nSPS) is 10.3. The highest BCUT2D eigenvalue weighted by Gasteiger charge is 2.11. The van der Waals surface area contributed by atoms with Crippen molar-refractivity contribution in [2.75, 3.05) is 0 Å². The third-order valence-corrected chi connectivity index (χ3v) is 3.08. The van der Waals surface area contributed by atoms with Gasteiger partial charge in [0.25, 0.3) is 11.5 Å². The van der Waals surface area contributed by atoms with Crippen LogP contribution in [0.15, 0.2) is 23.4 Å². The van der Waals surface area contributed by atoms with Crippen molar-refractivity contribution in [1.29, 1.82) is 0 Å². The smallest absolute Gasteiger partial charge is 0.254 e. The van der Waals surface area contributed by atoms with E-state index in [2.05, 4.69) is 20.3 Å². The molecule has 0 aliphatic carbocycles. The summed E-state index contributed by atoms with van der Waals surface area (Å²) in [5, 5.41) is 2.72. The number of carbonyl (C=O) groups excluding carboxylic acids is 1. The molecule has 2 aromatic heterocycles. The van der Waals surface area contributed by atoms with Crippen LogP contribution in [0.25, 0.3) is 0 Å². The number of pyridine rings is 1. The molecule has 0 saturated heterocycles. The van der Waals surface area contributed by atoms with Crippen LogP contribution in [0.2, 0.25) is 0 Å². The Bertz CT molecular complexity index is 707. The highest BCUT2D eigenvalue weighted by Crippen LogP contribution is 2.05. The molecule has 0 fully saturated rings. The van der Waals surface area contributed by atoms with Gasteiger partial charge in [-0.05, 0) is 32.4 Å². The predicted molar refractivity (Wildman–Crippen MR) is 74.5 cm³/mol. The van der Waals surface area contributed by atoms with Crippen molar-refractivity contribution in [1.82, 2.24) is 20.3 Å². The number of carbonyl (C=O) groups is 1. The number of nitrogens with zero attached hydrogens (tertiary/aromatic N) is 2. The van der Waals surface area contributed by atoms with E-state index < -0.39 is 0 Å². The van der Waals surface area contributed by atoms with Gasteiger partial charge in [0.05, 0.1) is 11.3 Å². The first-order chi connectivity index (χ1) is 9.49. The second-order valence-corrected chi connectivity index (χ2v) is 4.65. The Labute approximate surface area is 116 Å². The van der Waals surface area contributed by atoms with Crippen molar-refractivity contribution in [2.45, 2.75) is 27.3 Å². The lowest BCUT2D eigenvalue weighted by Crippen LogP contribution is -2.28. The SMILES string of the molecule is Cc1cc(C)c(CNC(=O)c2cncnc2C)c(=O)[nH]1. The first kappa shape index (κ1) is 13.9. The minimum Gasteiger partial charge on any atom is -0.348 e. The molecule has 0 saturated carbocycles. The van der Waals surface area contributed by atoms with Crippen molar-refractivity contribution >= 4 is 5.91 Å². The van der Waals surface area contributed by atoms with E-state index in [1.807, 2.05) is 19.9 Å². The van der Waals surface area contributed by atoms with Crippen LogP contribution >= 0.6 is 0 Å². The fourth-order valence-electron chi connectivity index (χ4n) is 1.98. The number of rotatable bonds is 3. The third-order valence-electron chi connectivity index (χ3n) is 3.08. The lowest BCUT2D eigenvalue weighted by molar-refractivity contribution is 0.0949. The maximum absolute atomic E-state index is 12.0. The molecule has 0 radical (unpaired) electrons. The highest BCUT2D eigenvalue weighted by atomic mass is 16.1. The van der Waals surface area contributed by atoms with Crippen LogP contribution in [0.1, 0.15) is 32.9 Å². The molecular weight excluding hydrogens is 256 g/mol. The van der Waals surface area contributed by atoms with Crippen molar-refractivity contribution in [2.24, 2.45) is 0 Å². The Morgan fingerprint density at radius 2 is 2.10 bits per heavy atom. The van der Waals surface area contributed by atoms with Crippen LogP contribution in [0.5, 0.6) is 0 Å². The molecule has 0 unspecified atom stereocenters. The molecule has 0 aliphatic heterocycles. The summed E-state index contributed by atoms with van der Waals surface area (Å²) in [7, 11) is 0. The lowest BCUT2D eigenvalue weighted by atomic mass is 10.1. The van der Waals surface area contributed by atoms with E-state index in [0.717, 1.165) is 11.3 Å². The summed E-state index contributed by atoms with van der Waals surface area (Å²) in [5.41, 5.74) is 3.05. The Balaban J connectivity index is 2.16. The standard InChI is InChI=1S/C14H16N4O2/c1-8-4-9(2)18-14(20)11(8)6-16-13(19)12-5-15-7-17-10(12)3/h4-5,7H,6H2,1-3H3,(H,16,19)(H,18,20). The van der Waals surface area contributed by atoms with E-state index in [4.69, 9.17) is 0 Å². The van der Waals surface area contributed by atoms with E-state index in [1.165, 1.54) is 12.5 Å². The number of hydrogen-bond donors (Lipinski definition) is 2. The number of hydrogen-bond acceptors (Lipinski definition) is 4. The topological polar surface area (TPSA) is 87.7 Å². The highest BCUT2D eigenvalue weighted by molar-refractivity contribution is 5.94. The number of aryl methyl sites for hydroxylation is 3. The summed E-state index contributed by atoms with van der Waals surface area (Å²) in [4.78, 5) is 34.4. The van der Waals surface area contributed by atoms with Crippen LogP contribution < -0.4 is 10.9 Å². The summed E-state index contributed by atoms with van der Waals surface area (Å²) in [6, 6.07) is 1.87. The van der Waals surface area contributed by atoms with E-state index in [9.17, 15) is 9.59 Å². The van der Waals surface area contributed by atoms with E-state index >= 15 is 0 Å². The first-order valence-corrected chi connectivity index (χ1v) is 6.23. The van der Waals surface area contributed by atoms with Crippen LogP contribution in [0.4, 0.5) is 0 Å². The van der Waals surface area contributed by atoms with Gasteiger partial charge < -0.3 is 10.3 Å². The molecule has 0 atom stereocenters. The predicted octanol–water partition coefficient (Wildman–Crippen LogP) is 1.02. The lowest BCUT2D eigenvalue weighted by Gasteiger charge is -2.08. The summed E-state index contributed by atoms with van der Waals surface area (Å²) < 4.78 is 0. The van der Waals surface area contributed by atoms with Gasteiger partial charge in [0.15, 0.2) is 0 Å². The summed E-state index contributed by atoms with van der Waals surface area (Å²) in [6.45, 7) is 5.58. The van der Waals surface area contributed by atoms with E-state index in [1.54, 1.807) is 6.92 Å². The number of amides is 1. The average Bonchev–Trinajstić information content (AvgIpc) is 2.37. The molecule has 2 N–H and O–H groups in total. The molecule has 2 aromatic rings. The van der Waals surface area contributed by atoms with Gasteiger partial charge >= 0.3 is 0 Å². The molecule has 2 rings (SSSR count). The molecule has 1 amide bonds. The molecule has 6 nitrogen and oxygen atoms in total. The third kappa shape index (κ3) is 2.90. The van der Waals surface area contributed by atoms with Crippen LogP contribution in [-0.4, -0.2) is 20.9 Å². The number of aromatic amines is 1. The van der Waals surface area contributed by atoms with Crippen molar-refractivity contribution in [3.05, 3.63) is 57.0 Å². The quantitative estimate of drug-likeness (QED) is 0.873. The number of H-pyrrole nitrogens is 1. The van der Waals surface area contributed by atoms with E-state index in [-0.39, 0.29) is 18.0 Å². The molecule has 0 aromatic carbocycles. The molecule has 0 aliphatic rings. The molecule has 6 heteroatoms. The van der Waals surface area contributed by atoms with Crippen molar-refractivity contribution in [3.63, 3.8) is 0 Å². The second-order valence-electron chi connectivity index (χ2n) is 4.65. The van der Waals surface area contributed by atoms with Crippen LogP contribution in [0, 0.1) is 20.8 Å². The molecule has 0 bridgehead atoms. The Kier molecular flexibility index (Phi) is 3.93. The summed E-state index contributed by atoms with van der Waals surface area (Å²) in [6.07, 6.45) is 2.85. The van der Waals surface area contributed by atoms with E-state index in [0.29, 0.717) is 16.8 Å². The van der Waals surface area contributed by atoms with Crippen molar-refractivity contribution in [3.8, 4) is 0 Å². The molecule has 104 valence electrons. The van der Waals surface area contributed by atoms with Gasteiger partial charge in [-0.1, -0.05) is 0 Å². The minimum absolute atomic E-state index is 0.175. The second kappa shape index (κ2) is 5.64. The Morgan fingerprint density at radius 1 is 1.35 bits per heavy atom. The zero-order valence-electron chi connectivity index (χ0n) is 11.7. The maximum atomic E-state index is 12.0. The molecule has 20 heavy (non-hydrogen) atoms. The fraction of sp³-hybridized carbons (Fsp3) is 0.286. The van der Waals surface area contributed by atoms with Gasteiger partial charge in [0.1, 0.15) is 6.33 Å². The van der Waals surface area contributed by atoms with Gasteiger partial charge in [-0.2, -0.15) is 0 Å². The fourth-order valence-corrected chi connectivity index (χ4v) is 1.98.